The van der Waals surface area contributed by atoms with E-state index in [4.69, 9.17) is 9.88 Å². The average Bonchev–Trinajstić information content (AvgIpc) is 2.54. The summed E-state index contributed by atoms with van der Waals surface area (Å²) in [6, 6.07) is 3.52. The zero-order valence-corrected chi connectivity index (χ0v) is 14.5. The van der Waals surface area contributed by atoms with Gasteiger partial charge in [0.1, 0.15) is 11.9 Å². The van der Waals surface area contributed by atoms with Crippen molar-refractivity contribution in [2.24, 2.45) is 5.14 Å². The van der Waals surface area contributed by atoms with E-state index in [1.165, 1.54) is 6.07 Å². The number of anilines is 1. The Bertz CT molecular complexity index is 777. The normalized spacial score (nSPS) is 15.8. The molecule has 130 valence electrons. The quantitative estimate of drug-likeness (QED) is 0.790. The molecule has 2 heterocycles. The van der Waals surface area contributed by atoms with Gasteiger partial charge in [-0.2, -0.15) is 5.26 Å². The molecule has 1 aromatic rings. The Kier molecular flexibility index (Phi) is 5.41. The zero-order chi connectivity index (χ0) is 17.9. The first-order valence-corrected chi connectivity index (χ1v) is 9.24. The second kappa shape index (κ2) is 7.15. The Hall–Kier alpha value is -2.18. The number of sulfonamides is 1. The smallest absolute Gasteiger partial charge is 0.340 e. The van der Waals surface area contributed by atoms with Crippen LogP contribution in [0.5, 0.6) is 0 Å². The number of esters is 1. The van der Waals surface area contributed by atoms with Crippen molar-refractivity contribution in [2.45, 2.75) is 31.9 Å². The van der Waals surface area contributed by atoms with Gasteiger partial charge in [0.25, 0.3) is 0 Å². The highest BCUT2D eigenvalue weighted by Crippen LogP contribution is 2.26. The molecule has 2 rings (SSSR count). The maximum absolute atomic E-state index is 11.9. The van der Waals surface area contributed by atoms with Crippen LogP contribution in [0.25, 0.3) is 0 Å². The van der Waals surface area contributed by atoms with Crippen LogP contribution >= 0.6 is 0 Å². The average molecular weight is 352 g/mol. The van der Waals surface area contributed by atoms with Crippen molar-refractivity contribution in [1.29, 1.82) is 5.26 Å². The number of hydrogen-bond acceptors (Lipinski definition) is 7. The van der Waals surface area contributed by atoms with Gasteiger partial charge in [0, 0.05) is 13.1 Å². The minimum atomic E-state index is -3.55. The Morgan fingerprint density at radius 3 is 2.62 bits per heavy atom. The third-order valence-corrected chi connectivity index (χ3v) is 5.42. The molecule has 0 aliphatic carbocycles. The van der Waals surface area contributed by atoms with Gasteiger partial charge in [-0.25, -0.2) is 23.3 Å². The first-order chi connectivity index (χ1) is 11.3. The minimum Gasteiger partial charge on any atom is -0.462 e. The Morgan fingerprint density at radius 2 is 2.12 bits per heavy atom. The van der Waals surface area contributed by atoms with Crippen LogP contribution in [-0.4, -0.2) is 44.3 Å². The molecule has 8 nitrogen and oxygen atoms in total. The summed E-state index contributed by atoms with van der Waals surface area (Å²) < 4.78 is 27.8. The highest BCUT2D eigenvalue weighted by atomic mass is 32.2. The Balaban J connectivity index is 2.27. The fourth-order valence-electron chi connectivity index (χ4n) is 2.73. The number of pyridine rings is 1. The summed E-state index contributed by atoms with van der Waals surface area (Å²) in [7, 11) is -3.55. The summed E-state index contributed by atoms with van der Waals surface area (Å²) >= 11 is 0. The molecule has 9 heteroatoms. The van der Waals surface area contributed by atoms with Gasteiger partial charge < -0.3 is 9.64 Å². The first kappa shape index (κ1) is 18.2. The Labute approximate surface area is 141 Å². The Morgan fingerprint density at radius 1 is 1.50 bits per heavy atom. The van der Waals surface area contributed by atoms with Gasteiger partial charge in [-0.05, 0) is 32.8 Å². The number of hydrogen-bond donors (Lipinski definition) is 1. The van der Waals surface area contributed by atoms with E-state index in [2.05, 4.69) is 4.98 Å². The number of aromatic nitrogens is 1. The number of nitrogens with two attached hydrogens (primary N) is 1. The number of carbonyl (C=O) groups excluding carboxylic acids is 1. The van der Waals surface area contributed by atoms with Crippen molar-refractivity contribution in [1.82, 2.24) is 4.98 Å². The van der Waals surface area contributed by atoms with E-state index in [1.54, 1.807) is 13.8 Å². The van der Waals surface area contributed by atoms with Crippen molar-refractivity contribution in [3.05, 3.63) is 22.9 Å². The van der Waals surface area contributed by atoms with E-state index in [1.807, 2.05) is 11.0 Å². The number of rotatable bonds is 4. The van der Waals surface area contributed by atoms with Crippen LogP contribution in [0.1, 0.15) is 41.4 Å². The van der Waals surface area contributed by atoms with Crippen LogP contribution in [0.15, 0.2) is 6.07 Å². The second-order valence-corrected chi connectivity index (χ2v) is 7.44. The molecule has 1 aliphatic heterocycles. The number of primary sulfonamides is 1. The van der Waals surface area contributed by atoms with Crippen LogP contribution < -0.4 is 10.0 Å². The lowest BCUT2D eigenvalue weighted by atomic mass is 10.1. The highest BCUT2D eigenvalue weighted by Gasteiger charge is 2.29. The van der Waals surface area contributed by atoms with Crippen molar-refractivity contribution >= 4 is 21.8 Å². The molecule has 1 aliphatic rings. The number of ether oxygens (including phenoxy) is 1. The lowest BCUT2D eigenvalue weighted by Gasteiger charge is -2.32. The number of carbonyl (C=O) groups is 1. The fourth-order valence-corrected chi connectivity index (χ4v) is 3.60. The van der Waals surface area contributed by atoms with Crippen LogP contribution in [0, 0.1) is 18.3 Å². The molecular weight excluding hydrogens is 332 g/mol. The van der Waals surface area contributed by atoms with E-state index in [9.17, 15) is 18.5 Å². The van der Waals surface area contributed by atoms with Crippen molar-refractivity contribution in [3.8, 4) is 6.07 Å². The molecule has 0 aromatic carbocycles. The lowest BCUT2D eigenvalue weighted by molar-refractivity contribution is 0.0525. The monoisotopic (exact) mass is 352 g/mol. The van der Waals surface area contributed by atoms with E-state index >= 15 is 0 Å². The third-order valence-electron chi connectivity index (χ3n) is 4.01. The summed E-state index contributed by atoms with van der Waals surface area (Å²) in [5.41, 5.74) is 0.991. The van der Waals surface area contributed by atoms with Gasteiger partial charge in [0.05, 0.1) is 28.7 Å². The molecule has 24 heavy (non-hydrogen) atoms. The van der Waals surface area contributed by atoms with E-state index in [0.717, 1.165) is 0 Å². The molecule has 0 atom stereocenters. The van der Waals surface area contributed by atoms with Crippen molar-refractivity contribution < 1.29 is 17.9 Å². The maximum atomic E-state index is 11.9. The minimum absolute atomic E-state index is 0.239. The molecule has 0 radical (unpaired) electrons. The summed E-state index contributed by atoms with van der Waals surface area (Å²) in [4.78, 5) is 18.1. The molecular formula is C15H20N4O4S. The van der Waals surface area contributed by atoms with E-state index in [-0.39, 0.29) is 17.7 Å². The van der Waals surface area contributed by atoms with Crippen molar-refractivity contribution in [2.75, 3.05) is 24.6 Å². The molecule has 2 N–H and O–H groups in total. The molecule has 0 amide bonds. The van der Waals surface area contributed by atoms with Gasteiger partial charge in [-0.15, -0.1) is 0 Å². The number of aryl methyl sites for hydroxylation is 1. The SMILES string of the molecule is CCOC(=O)c1cc(C#N)c(N2CCC(S(N)(=O)=O)CC2)nc1C. The van der Waals surface area contributed by atoms with Crippen molar-refractivity contribution in [3.63, 3.8) is 0 Å². The number of nitriles is 1. The standard InChI is InChI=1S/C15H20N4O4S/c1-3-23-15(20)13-8-11(9-16)14(18-10(13)2)19-6-4-12(5-7-19)24(17,21)22/h8,12H,3-7H2,1-2H3,(H2,17,21,22). The summed E-state index contributed by atoms with van der Waals surface area (Å²) in [5, 5.41) is 14.0. The van der Waals surface area contributed by atoms with Gasteiger partial charge in [-0.1, -0.05) is 0 Å². The molecule has 0 unspecified atom stereocenters. The summed E-state index contributed by atoms with van der Waals surface area (Å²) in [6.07, 6.45) is 0.758. The maximum Gasteiger partial charge on any atom is 0.340 e. The fraction of sp³-hybridized carbons (Fsp3) is 0.533. The summed E-state index contributed by atoms with van der Waals surface area (Å²) in [5.74, 6) is -0.0607. The lowest BCUT2D eigenvalue weighted by Crippen LogP contribution is -2.42. The van der Waals surface area contributed by atoms with Crippen LogP contribution in [-0.2, 0) is 14.8 Å². The molecule has 1 fully saturated rings. The molecule has 0 bridgehead atoms. The first-order valence-electron chi connectivity index (χ1n) is 7.63. The number of nitrogens with zero attached hydrogens (tertiary/aromatic N) is 3. The van der Waals surface area contributed by atoms with E-state index < -0.39 is 21.2 Å². The molecule has 0 saturated carbocycles. The van der Waals surface area contributed by atoms with Crippen LogP contribution in [0.4, 0.5) is 5.82 Å². The van der Waals surface area contributed by atoms with Gasteiger partial charge in [0.15, 0.2) is 0 Å². The predicted octanol–water partition coefficient (Wildman–Crippen LogP) is 0.696. The topological polar surface area (TPSA) is 126 Å². The predicted molar refractivity (Wildman–Crippen MR) is 88.0 cm³/mol. The highest BCUT2D eigenvalue weighted by molar-refractivity contribution is 7.89. The summed E-state index contributed by atoms with van der Waals surface area (Å²) in [6.45, 7) is 4.48. The molecule has 1 saturated heterocycles. The third kappa shape index (κ3) is 3.83. The number of piperidine rings is 1. The van der Waals surface area contributed by atoms with Crippen LogP contribution in [0.3, 0.4) is 0 Å². The van der Waals surface area contributed by atoms with Gasteiger partial charge in [0.2, 0.25) is 10.0 Å². The molecule has 1 aromatic heterocycles. The second-order valence-electron chi connectivity index (χ2n) is 5.60. The molecule has 0 spiro atoms. The van der Waals surface area contributed by atoms with Gasteiger partial charge >= 0.3 is 5.97 Å². The zero-order valence-electron chi connectivity index (χ0n) is 13.7. The largest absolute Gasteiger partial charge is 0.462 e. The van der Waals surface area contributed by atoms with Gasteiger partial charge in [-0.3, -0.25) is 0 Å². The van der Waals surface area contributed by atoms with E-state index in [0.29, 0.717) is 37.4 Å². The van der Waals surface area contributed by atoms with Crippen LogP contribution in [0.2, 0.25) is 0 Å².